The van der Waals surface area contributed by atoms with Gasteiger partial charge in [-0.25, -0.2) is 4.98 Å². The minimum Gasteiger partial charge on any atom is -0.350 e. The summed E-state index contributed by atoms with van der Waals surface area (Å²) in [7, 11) is 1.85. The number of rotatable bonds is 4. The first kappa shape index (κ1) is 16.9. The summed E-state index contributed by atoms with van der Waals surface area (Å²) in [4.78, 5) is 22.8. The summed E-state index contributed by atoms with van der Waals surface area (Å²) >= 11 is 0. The number of fused-ring (bicyclic) bond motifs is 1. The first-order valence-corrected chi connectivity index (χ1v) is 8.11. The van der Waals surface area contributed by atoms with Gasteiger partial charge in [0.25, 0.3) is 5.78 Å². The van der Waals surface area contributed by atoms with Crippen molar-refractivity contribution in [3.05, 3.63) is 46.9 Å². The lowest BCUT2D eigenvalue weighted by molar-refractivity contribution is -0.114. The van der Waals surface area contributed by atoms with E-state index in [9.17, 15) is 4.79 Å². The lowest BCUT2D eigenvalue weighted by atomic mass is 10.1. The molecule has 2 aromatic heterocycles. The van der Waals surface area contributed by atoms with Gasteiger partial charge in [-0.05, 0) is 38.8 Å². The zero-order chi connectivity index (χ0) is 18.1. The third-order valence-corrected chi connectivity index (χ3v) is 4.07. The Bertz CT molecular complexity index is 923. The minimum atomic E-state index is -0.0831. The summed E-state index contributed by atoms with van der Waals surface area (Å²) in [5.41, 5.74) is 5.01. The maximum atomic E-state index is 12.5. The second-order valence-electron chi connectivity index (χ2n) is 6.41. The number of benzene rings is 1. The van der Waals surface area contributed by atoms with E-state index in [0.29, 0.717) is 5.78 Å². The molecule has 130 valence electrons. The van der Waals surface area contributed by atoms with Gasteiger partial charge in [-0.1, -0.05) is 17.7 Å². The molecule has 0 aliphatic carbocycles. The van der Waals surface area contributed by atoms with Crippen LogP contribution in [0.25, 0.3) is 5.78 Å². The van der Waals surface area contributed by atoms with Crippen molar-refractivity contribution < 1.29 is 4.79 Å². The van der Waals surface area contributed by atoms with Crippen molar-refractivity contribution in [3.8, 4) is 0 Å². The van der Waals surface area contributed by atoms with Crippen molar-refractivity contribution in [2.24, 2.45) is 0 Å². The van der Waals surface area contributed by atoms with Crippen LogP contribution >= 0.6 is 0 Å². The van der Waals surface area contributed by atoms with E-state index in [1.54, 1.807) is 4.52 Å². The standard InChI is InChI=1S/C18H22N6O/c1-11-6-12(2)17(13(3)7-11)22-15(25)9-23(5)16-8-14(4)21-18-19-10-20-24(16)18/h6-8,10H,9H2,1-5H3,(H,22,25). The number of anilines is 2. The smallest absolute Gasteiger partial charge is 0.254 e. The highest BCUT2D eigenvalue weighted by Crippen LogP contribution is 2.22. The number of carbonyl (C=O) groups is 1. The fourth-order valence-electron chi connectivity index (χ4n) is 3.04. The number of amides is 1. The Morgan fingerprint density at radius 3 is 2.52 bits per heavy atom. The second-order valence-corrected chi connectivity index (χ2v) is 6.41. The second kappa shape index (κ2) is 6.51. The number of aromatic nitrogens is 4. The molecular formula is C18H22N6O. The Balaban J connectivity index is 1.80. The van der Waals surface area contributed by atoms with Crippen molar-refractivity contribution in [3.63, 3.8) is 0 Å². The van der Waals surface area contributed by atoms with Crippen LogP contribution in [0.1, 0.15) is 22.4 Å². The topological polar surface area (TPSA) is 75.4 Å². The van der Waals surface area contributed by atoms with Gasteiger partial charge in [0, 0.05) is 24.5 Å². The first-order valence-electron chi connectivity index (χ1n) is 8.11. The van der Waals surface area contributed by atoms with Gasteiger partial charge in [0.1, 0.15) is 12.1 Å². The van der Waals surface area contributed by atoms with Gasteiger partial charge >= 0.3 is 0 Å². The predicted molar refractivity (Wildman–Crippen MR) is 98.1 cm³/mol. The van der Waals surface area contributed by atoms with Gasteiger partial charge in [-0.2, -0.15) is 14.6 Å². The summed E-state index contributed by atoms with van der Waals surface area (Å²) in [6, 6.07) is 6.02. The SMILES string of the molecule is Cc1cc(C)c(NC(=O)CN(C)c2cc(C)nc3ncnn23)c(C)c1. The molecule has 7 heteroatoms. The molecule has 0 saturated carbocycles. The molecule has 25 heavy (non-hydrogen) atoms. The van der Waals surface area contributed by atoms with Crippen molar-refractivity contribution >= 4 is 23.2 Å². The lowest BCUT2D eigenvalue weighted by Gasteiger charge is -2.20. The normalized spacial score (nSPS) is 10.9. The Morgan fingerprint density at radius 1 is 1.16 bits per heavy atom. The zero-order valence-electron chi connectivity index (χ0n) is 15.2. The summed E-state index contributed by atoms with van der Waals surface area (Å²) in [6.07, 6.45) is 1.46. The Hall–Kier alpha value is -2.96. The van der Waals surface area contributed by atoms with E-state index in [-0.39, 0.29) is 12.5 Å². The lowest BCUT2D eigenvalue weighted by Crippen LogP contribution is -2.32. The maximum Gasteiger partial charge on any atom is 0.254 e. The van der Waals surface area contributed by atoms with E-state index in [1.807, 2.05) is 38.8 Å². The quantitative estimate of drug-likeness (QED) is 0.791. The number of carbonyl (C=O) groups excluding carboxylic acids is 1. The van der Waals surface area contributed by atoms with Crippen molar-refractivity contribution in [2.75, 3.05) is 23.8 Å². The van der Waals surface area contributed by atoms with Gasteiger partial charge in [-0.3, -0.25) is 4.79 Å². The average molecular weight is 338 g/mol. The molecule has 2 heterocycles. The number of nitrogens with one attached hydrogen (secondary N) is 1. The number of hydrogen-bond donors (Lipinski definition) is 1. The average Bonchev–Trinajstić information content (AvgIpc) is 2.98. The molecule has 0 saturated heterocycles. The number of nitrogens with zero attached hydrogens (tertiary/aromatic N) is 5. The van der Waals surface area contributed by atoms with Gasteiger partial charge in [0.2, 0.25) is 5.91 Å². The van der Waals surface area contributed by atoms with Crippen LogP contribution < -0.4 is 10.2 Å². The van der Waals surface area contributed by atoms with Crippen molar-refractivity contribution in [1.82, 2.24) is 19.6 Å². The molecule has 0 aliphatic rings. The Morgan fingerprint density at radius 2 is 1.84 bits per heavy atom. The molecule has 0 atom stereocenters. The van der Waals surface area contributed by atoms with E-state index in [4.69, 9.17) is 0 Å². The molecule has 1 N–H and O–H groups in total. The monoisotopic (exact) mass is 338 g/mol. The van der Waals surface area contributed by atoms with E-state index in [2.05, 4.69) is 39.4 Å². The van der Waals surface area contributed by atoms with Crippen LogP contribution in [0.2, 0.25) is 0 Å². The maximum absolute atomic E-state index is 12.5. The Labute approximate surface area is 146 Å². The van der Waals surface area contributed by atoms with Crippen LogP contribution in [0.3, 0.4) is 0 Å². The zero-order valence-corrected chi connectivity index (χ0v) is 15.2. The molecule has 0 radical (unpaired) electrons. The molecule has 0 unspecified atom stereocenters. The van der Waals surface area contributed by atoms with Crippen molar-refractivity contribution in [1.29, 1.82) is 0 Å². The molecule has 3 aromatic rings. The molecule has 0 aliphatic heterocycles. The van der Waals surface area contributed by atoms with Gasteiger partial charge in [0.15, 0.2) is 0 Å². The van der Waals surface area contributed by atoms with E-state index in [0.717, 1.165) is 28.3 Å². The number of likely N-dealkylation sites (N-methyl/N-ethyl adjacent to an activating group) is 1. The van der Waals surface area contributed by atoms with E-state index < -0.39 is 0 Å². The molecule has 1 aromatic carbocycles. The molecule has 3 rings (SSSR count). The number of aryl methyl sites for hydroxylation is 4. The van der Waals surface area contributed by atoms with E-state index >= 15 is 0 Å². The van der Waals surface area contributed by atoms with Crippen molar-refractivity contribution in [2.45, 2.75) is 27.7 Å². The summed E-state index contributed by atoms with van der Waals surface area (Å²) < 4.78 is 1.63. The molecule has 0 fully saturated rings. The van der Waals surface area contributed by atoms with Gasteiger partial charge < -0.3 is 10.2 Å². The molecule has 1 amide bonds. The van der Waals surface area contributed by atoms with Gasteiger partial charge in [-0.15, -0.1) is 0 Å². The minimum absolute atomic E-state index is 0.0831. The highest BCUT2D eigenvalue weighted by Gasteiger charge is 2.14. The molecular weight excluding hydrogens is 316 g/mol. The predicted octanol–water partition coefficient (Wildman–Crippen LogP) is 2.43. The molecule has 0 spiro atoms. The molecule has 7 nitrogen and oxygen atoms in total. The summed E-state index contributed by atoms with van der Waals surface area (Å²) in [6.45, 7) is 8.15. The molecule has 0 bridgehead atoms. The summed E-state index contributed by atoms with van der Waals surface area (Å²) in [5, 5.41) is 7.20. The van der Waals surface area contributed by atoms with E-state index in [1.165, 1.54) is 11.9 Å². The first-order chi connectivity index (χ1) is 11.8. The van der Waals surface area contributed by atoms with Crippen LogP contribution in [0.15, 0.2) is 24.5 Å². The van der Waals surface area contributed by atoms with Crippen LogP contribution in [0.5, 0.6) is 0 Å². The fourth-order valence-corrected chi connectivity index (χ4v) is 3.04. The highest BCUT2D eigenvalue weighted by atomic mass is 16.2. The highest BCUT2D eigenvalue weighted by molar-refractivity contribution is 5.95. The Kier molecular flexibility index (Phi) is 4.39. The van der Waals surface area contributed by atoms with Crippen LogP contribution in [-0.2, 0) is 4.79 Å². The number of hydrogen-bond acceptors (Lipinski definition) is 5. The van der Waals surface area contributed by atoms with Gasteiger partial charge in [0.05, 0.1) is 6.54 Å². The summed E-state index contributed by atoms with van der Waals surface area (Å²) in [5.74, 6) is 1.21. The van der Waals surface area contributed by atoms with Crippen LogP contribution in [0, 0.1) is 27.7 Å². The fraction of sp³-hybridized carbons (Fsp3) is 0.333. The third kappa shape index (κ3) is 3.45. The third-order valence-electron chi connectivity index (χ3n) is 4.07. The van der Waals surface area contributed by atoms with Crippen LogP contribution in [0.4, 0.5) is 11.5 Å². The van der Waals surface area contributed by atoms with Crippen LogP contribution in [-0.4, -0.2) is 39.1 Å². The largest absolute Gasteiger partial charge is 0.350 e.